The van der Waals surface area contributed by atoms with Crippen LogP contribution in [0, 0.1) is 17.2 Å². The summed E-state index contributed by atoms with van der Waals surface area (Å²) in [4.78, 5) is 0. The van der Waals surface area contributed by atoms with Crippen LogP contribution in [0.3, 0.4) is 0 Å². The van der Waals surface area contributed by atoms with Crippen LogP contribution in [0.4, 0.5) is 4.39 Å². The molecule has 1 heterocycles. The molecule has 1 saturated carbocycles. The van der Waals surface area contributed by atoms with E-state index in [1.54, 1.807) is 12.1 Å². The van der Waals surface area contributed by atoms with Crippen molar-refractivity contribution in [3.63, 3.8) is 0 Å². The van der Waals surface area contributed by atoms with Crippen LogP contribution in [0.15, 0.2) is 18.2 Å². The van der Waals surface area contributed by atoms with Crippen LogP contribution in [0.5, 0.6) is 0 Å². The van der Waals surface area contributed by atoms with E-state index in [0.717, 1.165) is 25.1 Å². The van der Waals surface area contributed by atoms with E-state index in [-0.39, 0.29) is 16.3 Å². The topological polar surface area (TPSA) is 21.3 Å². The molecule has 1 aromatic carbocycles. The Bertz CT molecular complexity index is 505. The van der Waals surface area contributed by atoms with Gasteiger partial charge in [-0.15, -0.1) is 0 Å². The summed E-state index contributed by atoms with van der Waals surface area (Å²) >= 11 is 5.82. The lowest BCUT2D eigenvalue weighted by Gasteiger charge is -2.60. The molecule has 1 saturated heterocycles. The molecule has 1 aliphatic carbocycles. The third kappa shape index (κ3) is 2.36. The zero-order valence-corrected chi connectivity index (χ0v) is 12.7. The van der Waals surface area contributed by atoms with Crippen molar-refractivity contribution in [2.24, 2.45) is 11.3 Å². The standard InChI is InChI=1S/C16H21ClFNO/c1-16(2)14(11-4-3-7-20-15(11)16)19-9-10-5-6-13(18)12(17)8-10/h5-6,8,11,14-15,19H,3-4,7,9H2,1-2H3. The number of nitrogens with one attached hydrogen (secondary N) is 1. The summed E-state index contributed by atoms with van der Waals surface area (Å²) in [6.07, 6.45) is 2.76. The molecule has 0 aromatic heterocycles. The first-order valence-corrected chi connectivity index (χ1v) is 7.67. The molecule has 2 aliphatic rings. The van der Waals surface area contributed by atoms with Gasteiger partial charge in [-0.2, -0.15) is 0 Å². The number of ether oxygens (including phenoxy) is 1. The predicted molar refractivity (Wildman–Crippen MR) is 78.3 cm³/mol. The van der Waals surface area contributed by atoms with Crippen molar-refractivity contribution in [1.82, 2.24) is 5.32 Å². The number of rotatable bonds is 3. The molecule has 0 radical (unpaired) electrons. The van der Waals surface area contributed by atoms with E-state index < -0.39 is 0 Å². The van der Waals surface area contributed by atoms with Gasteiger partial charge in [0, 0.05) is 30.5 Å². The van der Waals surface area contributed by atoms with Crippen molar-refractivity contribution in [3.05, 3.63) is 34.6 Å². The van der Waals surface area contributed by atoms with Gasteiger partial charge >= 0.3 is 0 Å². The van der Waals surface area contributed by atoms with Crippen LogP contribution < -0.4 is 5.32 Å². The van der Waals surface area contributed by atoms with Gasteiger partial charge in [-0.05, 0) is 30.5 Å². The number of hydrogen-bond donors (Lipinski definition) is 1. The molecule has 110 valence electrons. The first-order valence-electron chi connectivity index (χ1n) is 7.29. The van der Waals surface area contributed by atoms with E-state index >= 15 is 0 Å². The van der Waals surface area contributed by atoms with Crippen molar-refractivity contribution in [1.29, 1.82) is 0 Å². The minimum Gasteiger partial charge on any atom is -0.377 e. The van der Waals surface area contributed by atoms with Gasteiger partial charge < -0.3 is 10.1 Å². The van der Waals surface area contributed by atoms with Crippen molar-refractivity contribution in [2.75, 3.05) is 6.61 Å². The summed E-state index contributed by atoms with van der Waals surface area (Å²) in [6, 6.07) is 5.37. The largest absolute Gasteiger partial charge is 0.377 e. The third-order valence-corrected chi connectivity index (χ3v) is 5.13. The van der Waals surface area contributed by atoms with Crippen molar-refractivity contribution < 1.29 is 9.13 Å². The fraction of sp³-hybridized carbons (Fsp3) is 0.625. The monoisotopic (exact) mass is 297 g/mol. The quantitative estimate of drug-likeness (QED) is 0.917. The lowest BCUT2D eigenvalue weighted by atomic mass is 9.55. The molecule has 20 heavy (non-hydrogen) atoms. The number of hydrogen-bond acceptors (Lipinski definition) is 2. The Morgan fingerprint density at radius 2 is 2.25 bits per heavy atom. The van der Waals surface area contributed by atoms with Crippen LogP contribution in [-0.4, -0.2) is 18.8 Å². The SMILES string of the molecule is CC1(C)C(NCc2ccc(F)c(Cl)c2)C2CCCOC21. The highest BCUT2D eigenvalue weighted by Crippen LogP contribution is 2.51. The number of halogens is 2. The maximum Gasteiger partial charge on any atom is 0.141 e. The molecule has 3 atom stereocenters. The summed E-state index contributed by atoms with van der Waals surface area (Å²) in [6.45, 7) is 6.13. The molecule has 2 nitrogen and oxygen atoms in total. The minimum atomic E-state index is -0.361. The Balaban J connectivity index is 1.64. The predicted octanol–water partition coefficient (Wildman–Crippen LogP) is 3.77. The summed E-state index contributed by atoms with van der Waals surface area (Å²) in [5.41, 5.74) is 1.18. The Morgan fingerprint density at radius 1 is 1.45 bits per heavy atom. The molecule has 0 spiro atoms. The molecule has 3 unspecified atom stereocenters. The van der Waals surface area contributed by atoms with Gasteiger partial charge in [0.2, 0.25) is 0 Å². The zero-order valence-electron chi connectivity index (χ0n) is 12.0. The molecule has 1 N–H and O–H groups in total. The fourth-order valence-electron chi connectivity index (χ4n) is 3.81. The highest BCUT2D eigenvalue weighted by Gasteiger charge is 2.57. The fourth-order valence-corrected chi connectivity index (χ4v) is 4.02. The van der Waals surface area contributed by atoms with Gasteiger partial charge in [0.1, 0.15) is 5.82 Å². The number of benzene rings is 1. The van der Waals surface area contributed by atoms with Gasteiger partial charge in [0.25, 0.3) is 0 Å². The Labute approximate surface area is 124 Å². The second-order valence-electron chi connectivity index (χ2n) is 6.53. The van der Waals surface area contributed by atoms with Crippen molar-refractivity contribution in [3.8, 4) is 0 Å². The third-order valence-electron chi connectivity index (χ3n) is 4.84. The first kappa shape index (κ1) is 14.3. The average Bonchev–Trinajstić information content (AvgIpc) is 2.43. The highest BCUT2D eigenvalue weighted by atomic mass is 35.5. The molecule has 4 heteroatoms. The van der Waals surface area contributed by atoms with E-state index in [4.69, 9.17) is 16.3 Å². The first-order chi connectivity index (χ1) is 9.50. The van der Waals surface area contributed by atoms with Crippen LogP contribution >= 0.6 is 11.6 Å². The van der Waals surface area contributed by atoms with Gasteiger partial charge in [-0.3, -0.25) is 0 Å². The molecule has 1 aliphatic heterocycles. The normalized spacial score (nSPS) is 31.5. The molecular formula is C16H21ClFNO. The average molecular weight is 298 g/mol. The molecule has 2 fully saturated rings. The summed E-state index contributed by atoms with van der Waals surface area (Å²) in [5, 5.41) is 3.80. The second-order valence-corrected chi connectivity index (χ2v) is 6.93. The van der Waals surface area contributed by atoms with Gasteiger partial charge in [-0.25, -0.2) is 4.39 Å². The summed E-state index contributed by atoms with van der Waals surface area (Å²) in [5.74, 6) is 0.245. The zero-order chi connectivity index (χ0) is 14.3. The minimum absolute atomic E-state index is 0.162. The highest BCUT2D eigenvalue weighted by molar-refractivity contribution is 6.30. The van der Waals surface area contributed by atoms with E-state index in [9.17, 15) is 4.39 Å². The second kappa shape index (κ2) is 5.28. The van der Waals surface area contributed by atoms with Crippen LogP contribution in [-0.2, 0) is 11.3 Å². The smallest absolute Gasteiger partial charge is 0.141 e. The van der Waals surface area contributed by atoms with Gasteiger partial charge in [-0.1, -0.05) is 31.5 Å². The Morgan fingerprint density at radius 3 is 3.00 bits per heavy atom. The van der Waals surface area contributed by atoms with E-state index in [2.05, 4.69) is 19.2 Å². The van der Waals surface area contributed by atoms with Crippen molar-refractivity contribution in [2.45, 2.75) is 45.4 Å². The van der Waals surface area contributed by atoms with Crippen molar-refractivity contribution >= 4 is 11.6 Å². The van der Waals surface area contributed by atoms with Crippen LogP contribution in [0.2, 0.25) is 5.02 Å². The Hall–Kier alpha value is -0.640. The molecule has 1 aromatic rings. The van der Waals surface area contributed by atoms with E-state index in [1.807, 2.05) is 0 Å². The summed E-state index contributed by atoms with van der Waals surface area (Å²) < 4.78 is 19.0. The van der Waals surface area contributed by atoms with E-state index in [1.165, 1.54) is 12.5 Å². The van der Waals surface area contributed by atoms with Gasteiger partial charge in [0.15, 0.2) is 0 Å². The van der Waals surface area contributed by atoms with E-state index in [0.29, 0.717) is 18.1 Å². The summed E-state index contributed by atoms with van der Waals surface area (Å²) in [7, 11) is 0. The maximum atomic E-state index is 13.2. The maximum absolute atomic E-state index is 13.2. The van der Waals surface area contributed by atoms with Crippen LogP contribution in [0.1, 0.15) is 32.3 Å². The van der Waals surface area contributed by atoms with Gasteiger partial charge in [0.05, 0.1) is 11.1 Å². The molecule has 0 bridgehead atoms. The molecular weight excluding hydrogens is 277 g/mol. The lowest BCUT2D eigenvalue weighted by molar-refractivity contribution is -0.192. The lowest BCUT2D eigenvalue weighted by Crippen LogP contribution is -2.69. The number of fused-ring (bicyclic) bond motifs is 1. The van der Waals surface area contributed by atoms with Crippen LogP contribution in [0.25, 0.3) is 0 Å². The molecule has 0 amide bonds. The Kier molecular flexibility index (Phi) is 3.78. The molecule has 3 rings (SSSR count).